The molecule has 0 aromatic heterocycles. The van der Waals surface area contributed by atoms with Gasteiger partial charge in [0.2, 0.25) is 0 Å². The van der Waals surface area contributed by atoms with Crippen LogP contribution in [-0.4, -0.2) is 11.6 Å². The maximum Gasteiger partial charge on any atom is 0.331 e. The standard InChI is InChI=1S/C23H24O2.CH4/c1-4-22(24)25-23(19(2)3,17-15-20-11-7-5-8-12-20)18-16-21-13-9-6-10-14-21;/h4-19H,1H2,2-3H3;1H4. The van der Waals surface area contributed by atoms with E-state index in [4.69, 9.17) is 4.74 Å². The van der Waals surface area contributed by atoms with Gasteiger partial charge in [-0.25, -0.2) is 4.79 Å². The van der Waals surface area contributed by atoms with Gasteiger partial charge in [-0.05, 0) is 23.3 Å². The third-order valence-corrected chi connectivity index (χ3v) is 4.02. The lowest BCUT2D eigenvalue weighted by Crippen LogP contribution is -2.36. The third-order valence-electron chi connectivity index (χ3n) is 4.02. The summed E-state index contributed by atoms with van der Waals surface area (Å²) >= 11 is 0. The molecule has 2 heteroatoms. The molecule has 0 saturated heterocycles. The summed E-state index contributed by atoms with van der Waals surface area (Å²) in [6, 6.07) is 19.9. The molecule has 2 rings (SSSR count). The minimum Gasteiger partial charge on any atom is -0.447 e. The fourth-order valence-electron chi connectivity index (χ4n) is 2.42. The maximum atomic E-state index is 11.9. The van der Waals surface area contributed by atoms with Crippen LogP contribution in [0.25, 0.3) is 12.2 Å². The predicted molar refractivity (Wildman–Crippen MR) is 112 cm³/mol. The molecule has 0 atom stereocenters. The third kappa shape index (κ3) is 5.89. The van der Waals surface area contributed by atoms with Gasteiger partial charge in [0.05, 0.1) is 0 Å². The lowest BCUT2D eigenvalue weighted by atomic mass is 9.87. The Kier molecular flexibility index (Phi) is 8.30. The lowest BCUT2D eigenvalue weighted by molar-refractivity contribution is -0.148. The second-order valence-electron chi connectivity index (χ2n) is 6.12. The van der Waals surface area contributed by atoms with Gasteiger partial charge in [-0.15, -0.1) is 0 Å². The van der Waals surface area contributed by atoms with E-state index in [1.54, 1.807) is 0 Å². The van der Waals surface area contributed by atoms with E-state index < -0.39 is 11.6 Å². The molecule has 0 heterocycles. The van der Waals surface area contributed by atoms with Crippen LogP contribution in [0.4, 0.5) is 0 Å². The summed E-state index contributed by atoms with van der Waals surface area (Å²) in [7, 11) is 0. The van der Waals surface area contributed by atoms with Gasteiger partial charge in [-0.3, -0.25) is 0 Å². The summed E-state index contributed by atoms with van der Waals surface area (Å²) in [5.41, 5.74) is 1.25. The molecule has 2 aromatic rings. The molecule has 0 bridgehead atoms. The minimum absolute atomic E-state index is 0. The zero-order chi connectivity index (χ0) is 18.1. The molecule has 2 nitrogen and oxygen atoms in total. The van der Waals surface area contributed by atoms with Crippen molar-refractivity contribution in [1.29, 1.82) is 0 Å². The zero-order valence-corrected chi connectivity index (χ0v) is 14.8. The van der Waals surface area contributed by atoms with Crippen LogP contribution in [0.1, 0.15) is 32.4 Å². The number of esters is 1. The average Bonchev–Trinajstić information content (AvgIpc) is 2.65. The second kappa shape index (κ2) is 10.2. The van der Waals surface area contributed by atoms with E-state index in [1.165, 1.54) is 6.08 Å². The van der Waals surface area contributed by atoms with Crippen LogP contribution < -0.4 is 0 Å². The molecule has 0 saturated carbocycles. The topological polar surface area (TPSA) is 26.3 Å². The molecule has 0 amide bonds. The highest BCUT2D eigenvalue weighted by molar-refractivity contribution is 5.82. The minimum atomic E-state index is -0.850. The fraction of sp³-hybridized carbons (Fsp3) is 0.208. The van der Waals surface area contributed by atoms with E-state index in [0.29, 0.717) is 0 Å². The van der Waals surface area contributed by atoms with Crippen LogP contribution in [-0.2, 0) is 9.53 Å². The van der Waals surface area contributed by atoms with E-state index >= 15 is 0 Å². The van der Waals surface area contributed by atoms with Crippen LogP contribution in [0.2, 0.25) is 0 Å². The Morgan fingerprint density at radius 3 is 1.69 bits per heavy atom. The molecule has 0 aliphatic rings. The SMILES string of the molecule is C.C=CC(=O)OC(C=Cc1ccccc1)(C=Cc1ccccc1)C(C)C. The lowest BCUT2D eigenvalue weighted by Gasteiger charge is -2.31. The smallest absolute Gasteiger partial charge is 0.331 e. The van der Waals surface area contributed by atoms with Gasteiger partial charge in [0, 0.05) is 12.0 Å². The molecule has 26 heavy (non-hydrogen) atoms. The van der Waals surface area contributed by atoms with E-state index in [2.05, 4.69) is 6.58 Å². The van der Waals surface area contributed by atoms with Gasteiger partial charge in [-0.1, -0.05) is 101 Å². The number of benzene rings is 2. The first kappa shape index (κ1) is 21.2. The first-order chi connectivity index (χ1) is 12.1. The molecule has 0 aliphatic carbocycles. The van der Waals surface area contributed by atoms with E-state index in [9.17, 15) is 4.79 Å². The summed E-state index contributed by atoms with van der Waals surface area (Å²) in [4.78, 5) is 11.9. The van der Waals surface area contributed by atoms with Gasteiger partial charge >= 0.3 is 5.97 Å². The average molecular weight is 348 g/mol. The van der Waals surface area contributed by atoms with Crippen molar-refractivity contribution in [3.8, 4) is 0 Å². The molecule has 0 unspecified atom stereocenters. The van der Waals surface area contributed by atoms with Crippen LogP contribution in [0, 0.1) is 5.92 Å². The molecule has 0 aliphatic heterocycles. The Morgan fingerprint density at radius 2 is 1.35 bits per heavy atom. The second-order valence-corrected chi connectivity index (χ2v) is 6.12. The molecule has 136 valence electrons. The Hall–Kier alpha value is -2.87. The Morgan fingerprint density at radius 1 is 0.923 bits per heavy atom. The van der Waals surface area contributed by atoms with Crippen LogP contribution in [0.3, 0.4) is 0 Å². The van der Waals surface area contributed by atoms with E-state index in [0.717, 1.165) is 11.1 Å². The summed E-state index contributed by atoms with van der Waals surface area (Å²) in [6.07, 6.45) is 9.03. The molecule has 2 aromatic carbocycles. The molecule has 0 N–H and O–H groups in total. The Balaban J connectivity index is 0.00000338. The number of hydrogen-bond donors (Lipinski definition) is 0. The van der Waals surface area contributed by atoms with Crippen molar-refractivity contribution < 1.29 is 9.53 Å². The highest BCUT2D eigenvalue weighted by Crippen LogP contribution is 2.28. The number of carbonyl (C=O) groups excluding carboxylic acids is 1. The first-order valence-electron chi connectivity index (χ1n) is 8.40. The van der Waals surface area contributed by atoms with Gasteiger partial charge < -0.3 is 4.74 Å². The zero-order valence-electron chi connectivity index (χ0n) is 14.8. The highest BCUT2D eigenvalue weighted by Gasteiger charge is 2.32. The van der Waals surface area contributed by atoms with Crippen LogP contribution in [0.15, 0.2) is 85.5 Å². The number of ether oxygens (including phenoxy) is 1. The largest absolute Gasteiger partial charge is 0.447 e. The van der Waals surface area contributed by atoms with E-state index in [1.807, 2.05) is 98.8 Å². The van der Waals surface area contributed by atoms with Crippen LogP contribution >= 0.6 is 0 Å². The summed E-state index contributed by atoms with van der Waals surface area (Å²) in [5, 5.41) is 0. The van der Waals surface area contributed by atoms with E-state index in [-0.39, 0.29) is 13.3 Å². The molecule has 0 fully saturated rings. The van der Waals surface area contributed by atoms with Crippen molar-refractivity contribution in [1.82, 2.24) is 0 Å². The predicted octanol–water partition coefficient (Wildman–Crippen LogP) is 6.17. The van der Waals surface area contributed by atoms with Crippen molar-refractivity contribution >= 4 is 18.1 Å². The number of carbonyl (C=O) groups is 1. The van der Waals surface area contributed by atoms with Gasteiger partial charge in [0.1, 0.15) is 0 Å². The summed E-state index contributed by atoms with van der Waals surface area (Å²) in [6.45, 7) is 7.58. The molecular weight excluding hydrogens is 320 g/mol. The molecular formula is C24H28O2. The molecule has 0 spiro atoms. The van der Waals surface area contributed by atoms with Crippen molar-refractivity contribution in [3.63, 3.8) is 0 Å². The maximum absolute atomic E-state index is 11.9. The summed E-state index contributed by atoms with van der Waals surface area (Å²) < 4.78 is 5.76. The highest BCUT2D eigenvalue weighted by atomic mass is 16.6. The normalized spacial score (nSPS) is 13.3. The quantitative estimate of drug-likeness (QED) is 0.441. The number of rotatable bonds is 7. The monoisotopic (exact) mass is 348 g/mol. The number of hydrogen-bond acceptors (Lipinski definition) is 2. The first-order valence-corrected chi connectivity index (χ1v) is 8.40. The van der Waals surface area contributed by atoms with Crippen molar-refractivity contribution in [2.75, 3.05) is 0 Å². The summed E-state index contributed by atoms with van der Waals surface area (Å²) in [5.74, 6) is -0.388. The van der Waals surface area contributed by atoms with Crippen molar-refractivity contribution in [3.05, 3.63) is 96.6 Å². The molecule has 0 radical (unpaired) electrons. The Labute approximate surface area is 157 Å². The van der Waals surface area contributed by atoms with Crippen molar-refractivity contribution in [2.45, 2.75) is 26.9 Å². The van der Waals surface area contributed by atoms with Crippen LogP contribution in [0.5, 0.6) is 0 Å². The van der Waals surface area contributed by atoms with Gasteiger partial charge in [-0.2, -0.15) is 0 Å². The van der Waals surface area contributed by atoms with Crippen molar-refractivity contribution in [2.24, 2.45) is 5.92 Å². The van der Waals surface area contributed by atoms with Gasteiger partial charge in [0.15, 0.2) is 5.60 Å². The Bertz CT molecular complexity index is 691. The van der Waals surface area contributed by atoms with Gasteiger partial charge in [0.25, 0.3) is 0 Å². The fourth-order valence-corrected chi connectivity index (χ4v) is 2.42.